The van der Waals surface area contributed by atoms with Crippen LogP contribution in [0.2, 0.25) is 0 Å². The first-order valence-corrected chi connectivity index (χ1v) is 12.0. The van der Waals surface area contributed by atoms with E-state index in [0.717, 1.165) is 67.4 Å². The van der Waals surface area contributed by atoms with Crippen molar-refractivity contribution in [3.8, 4) is 17.0 Å². The quantitative estimate of drug-likeness (QED) is 0.443. The van der Waals surface area contributed by atoms with Crippen molar-refractivity contribution in [2.24, 2.45) is 0 Å². The summed E-state index contributed by atoms with van der Waals surface area (Å²) in [6.07, 6.45) is 4.40. The Kier molecular flexibility index (Phi) is 5.32. The summed E-state index contributed by atoms with van der Waals surface area (Å²) in [6.45, 7) is 3.61. The zero-order chi connectivity index (χ0) is 23.1. The minimum atomic E-state index is -0.241. The van der Waals surface area contributed by atoms with Gasteiger partial charge in [-0.3, -0.25) is 0 Å². The van der Waals surface area contributed by atoms with Crippen LogP contribution >= 0.6 is 0 Å². The molecule has 0 saturated carbocycles. The SMILES string of the molecule is COc1ccccc1N1CCN(c2c3c(nc4cc(-c5ccc(F)cc5)nn24)CCCC3)CC1. The minimum Gasteiger partial charge on any atom is -0.495 e. The number of ether oxygens (including phenoxy) is 1. The van der Waals surface area contributed by atoms with E-state index in [1.165, 1.54) is 42.0 Å². The van der Waals surface area contributed by atoms with Gasteiger partial charge in [0, 0.05) is 49.1 Å². The number of para-hydroxylation sites is 2. The number of rotatable bonds is 4. The molecule has 7 heteroatoms. The lowest BCUT2D eigenvalue weighted by Crippen LogP contribution is -2.47. The highest BCUT2D eigenvalue weighted by atomic mass is 19.1. The highest BCUT2D eigenvalue weighted by Gasteiger charge is 2.27. The molecule has 34 heavy (non-hydrogen) atoms. The van der Waals surface area contributed by atoms with Gasteiger partial charge in [0.05, 0.1) is 18.5 Å². The van der Waals surface area contributed by atoms with Gasteiger partial charge in [-0.25, -0.2) is 9.37 Å². The maximum atomic E-state index is 13.5. The molecule has 2 aromatic carbocycles. The van der Waals surface area contributed by atoms with Crippen LogP contribution < -0.4 is 14.5 Å². The normalized spacial score (nSPS) is 16.1. The van der Waals surface area contributed by atoms with Gasteiger partial charge in [0.2, 0.25) is 0 Å². The van der Waals surface area contributed by atoms with E-state index in [4.69, 9.17) is 14.8 Å². The molecule has 0 amide bonds. The number of nitrogens with zero attached hydrogens (tertiary/aromatic N) is 5. The first-order valence-electron chi connectivity index (χ1n) is 12.0. The average molecular weight is 458 g/mol. The Hall–Kier alpha value is -3.61. The van der Waals surface area contributed by atoms with E-state index in [1.807, 2.05) is 22.7 Å². The highest BCUT2D eigenvalue weighted by molar-refractivity contribution is 5.68. The minimum absolute atomic E-state index is 0.241. The standard InChI is InChI=1S/C27H28FN5O/c1-34-25-9-5-4-8-24(25)31-14-16-32(17-15-31)27-21-6-2-3-7-22(21)29-26-18-23(30-33(26)27)19-10-12-20(28)13-11-19/h4-5,8-13,18H,2-3,6-7,14-17H2,1H3. The third-order valence-electron chi connectivity index (χ3n) is 6.99. The second-order valence-electron chi connectivity index (χ2n) is 9.02. The molecule has 3 heterocycles. The Bertz CT molecular complexity index is 1330. The van der Waals surface area contributed by atoms with Crippen LogP contribution in [-0.2, 0) is 12.8 Å². The van der Waals surface area contributed by atoms with Crippen LogP contribution in [0.3, 0.4) is 0 Å². The lowest BCUT2D eigenvalue weighted by molar-refractivity contribution is 0.413. The van der Waals surface area contributed by atoms with Crippen LogP contribution in [-0.4, -0.2) is 47.9 Å². The molecule has 1 fully saturated rings. The molecule has 1 aliphatic carbocycles. The van der Waals surface area contributed by atoms with E-state index >= 15 is 0 Å². The van der Waals surface area contributed by atoms with Crippen molar-refractivity contribution in [2.75, 3.05) is 43.1 Å². The van der Waals surface area contributed by atoms with Gasteiger partial charge in [-0.05, 0) is 62.1 Å². The molecule has 0 atom stereocenters. The van der Waals surface area contributed by atoms with E-state index in [0.29, 0.717) is 0 Å². The van der Waals surface area contributed by atoms with Crippen LogP contribution in [0.25, 0.3) is 16.9 Å². The smallest absolute Gasteiger partial charge is 0.158 e. The molecule has 174 valence electrons. The number of aryl methyl sites for hydroxylation is 1. The summed E-state index contributed by atoms with van der Waals surface area (Å²) in [6, 6.07) is 16.8. The molecule has 1 saturated heterocycles. The zero-order valence-corrected chi connectivity index (χ0v) is 19.4. The third-order valence-corrected chi connectivity index (χ3v) is 6.99. The van der Waals surface area contributed by atoms with Gasteiger partial charge in [-0.1, -0.05) is 12.1 Å². The Morgan fingerprint density at radius 3 is 2.41 bits per heavy atom. The van der Waals surface area contributed by atoms with Gasteiger partial charge < -0.3 is 14.5 Å². The topological polar surface area (TPSA) is 45.9 Å². The molecule has 0 bridgehead atoms. The van der Waals surface area contributed by atoms with E-state index in [-0.39, 0.29) is 5.82 Å². The maximum absolute atomic E-state index is 13.5. The summed E-state index contributed by atoms with van der Waals surface area (Å²) in [5.74, 6) is 1.85. The van der Waals surface area contributed by atoms with E-state index < -0.39 is 0 Å². The number of methoxy groups -OCH3 is 1. The Morgan fingerprint density at radius 2 is 1.62 bits per heavy atom. The molecular weight excluding hydrogens is 429 g/mol. The Balaban J connectivity index is 1.37. The van der Waals surface area contributed by atoms with E-state index in [2.05, 4.69) is 21.9 Å². The number of halogens is 1. The predicted molar refractivity (Wildman–Crippen MR) is 132 cm³/mol. The fraction of sp³-hybridized carbons (Fsp3) is 0.333. The second kappa shape index (κ2) is 8.63. The lowest BCUT2D eigenvalue weighted by atomic mass is 9.96. The van der Waals surface area contributed by atoms with Crippen LogP contribution in [0.1, 0.15) is 24.1 Å². The van der Waals surface area contributed by atoms with E-state index in [9.17, 15) is 4.39 Å². The van der Waals surface area contributed by atoms with Crippen LogP contribution in [0.4, 0.5) is 15.9 Å². The van der Waals surface area contributed by atoms with Gasteiger partial charge in [0.25, 0.3) is 0 Å². The predicted octanol–water partition coefficient (Wildman–Crippen LogP) is 4.75. The van der Waals surface area contributed by atoms with Crippen LogP contribution in [0.15, 0.2) is 54.6 Å². The molecule has 0 radical (unpaired) electrons. The Labute approximate surface area is 198 Å². The van der Waals surface area contributed by atoms with Gasteiger partial charge in [0.15, 0.2) is 5.65 Å². The molecule has 4 aromatic rings. The fourth-order valence-electron chi connectivity index (χ4n) is 5.26. The van der Waals surface area contributed by atoms with Gasteiger partial charge in [-0.2, -0.15) is 9.61 Å². The van der Waals surface area contributed by atoms with E-state index in [1.54, 1.807) is 19.2 Å². The molecule has 6 nitrogen and oxygen atoms in total. The largest absolute Gasteiger partial charge is 0.495 e. The monoisotopic (exact) mass is 457 g/mol. The maximum Gasteiger partial charge on any atom is 0.158 e. The fourth-order valence-corrected chi connectivity index (χ4v) is 5.26. The lowest BCUT2D eigenvalue weighted by Gasteiger charge is -2.39. The molecular formula is C27H28FN5O. The van der Waals surface area contributed by atoms with Crippen molar-refractivity contribution >= 4 is 17.2 Å². The van der Waals surface area contributed by atoms with Crippen molar-refractivity contribution in [1.82, 2.24) is 14.6 Å². The van der Waals surface area contributed by atoms with Crippen LogP contribution in [0, 0.1) is 5.82 Å². The molecule has 1 aliphatic heterocycles. The first-order chi connectivity index (χ1) is 16.7. The van der Waals surface area contributed by atoms with Crippen molar-refractivity contribution in [2.45, 2.75) is 25.7 Å². The van der Waals surface area contributed by atoms with Crippen molar-refractivity contribution < 1.29 is 9.13 Å². The van der Waals surface area contributed by atoms with Gasteiger partial charge in [-0.15, -0.1) is 0 Å². The number of hydrogen-bond donors (Lipinski definition) is 0. The summed E-state index contributed by atoms with van der Waals surface area (Å²) >= 11 is 0. The molecule has 2 aliphatic rings. The number of hydrogen-bond acceptors (Lipinski definition) is 5. The third kappa shape index (κ3) is 3.65. The number of benzene rings is 2. The average Bonchev–Trinajstić information content (AvgIpc) is 3.31. The Morgan fingerprint density at radius 1 is 0.882 bits per heavy atom. The van der Waals surface area contributed by atoms with Gasteiger partial charge in [0.1, 0.15) is 17.4 Å². The second-order valence-corrected chi connectivity index (χ2v) is 9.02. The number of aromatic nitrogens is 3. The highest BCUT2D eigenvalue weighted by Crippen LogP contribution is 2.34. The number of piperazine rings is 1. The van der Waals surface area contributed by atoms with Crippen molar-refractivity contribution in [1.29, 1.82) is 0 Å². The summed E-state index contributed by atoms with van der Waals surface area (Å²) in [5.41, 5.74) is 6.26. The van der Waals surface area contributed by atoms with Crippen LogP contribution in [0.5, 0.6) is 5.75 Å². The first kappa shape index (κ1) is 21.0. The number of anilines is 2. The molecule has 0 N–H and O–H groups in total. The zero-order valence-electron chi connectivity index (χ0n) is 19.4. The summed E-state index contributed by atoms with van der Waals surface area (Å²) in [7, 11) is 1.73. The molecule has 0 spiro atoms. The van der Waals surface area contributed by atoms with Gasteiger partial charge >= 0.3 is 0 Å². The molecule has 0 unspecified atom stereocenters. The van der Waals surface area contributed by atoms with Crippen molar-refractivity contribution in [3.05, 3.63) is 71.7 Å². The summed E-state index contributed by atoms with van der Waals surface area (Å²) in [4.78, 5) is 9.85. The summed E-state index contributed by atoms with van der Waals surface area (Å²) < 4.78 is 21.1. The number of fused-ring (bicyclic) bond motifs is 2. The van der Waals surface area contributed by atoms with Crippen molar-refractivity contribution in [3.63, 3.8) is 0 Å². The molecule has 6 rings (SSSR count). The molecule has 2 aromatic heterocycles. The summed E-state index contributed by atoms with van der Waals surface area (Å²) in [5, 5.41) is 4.96.